The maximum absolute atomic E-state index is 14.6. The first-order valence-corrected chi connectivity index (χ1v) is 9.03. The number of nitrogens with one attached hydrogen (secondary N) is 1. The van der Waals surface area contributed by atoms with Crippen LogP contribution in [0.4, 0.5) is 10.2 Å². The topological polar surface area (TPSA) is 54.7 Å². The summed E-state index contributed by atoms with van der Waals surface area (Å²) in [6.07, 6.45) is 5.64. The standard InChI is InChI=1S/C19H20FN5O/c20-17-2-1-14-11-15(17)16-12-22-25-9-5-18(23-19(16)25)21-6-10-24-7-3-13(26-14)4-8-24/h1-2,5,9,11-13H,3-4,6-8,10H2,(H,21,23). The average molecular weight is 353 g/mol. The zero-order chi connectivity index (χ0) is 17.5. The van der Waals surface area contributed by atoms with Crippen LogP contribution in [0.25, 0.3) is 16.8 Å². The number of hydrogen-bond donors (Lipinski definition) is 1. The van der Waals surface area contributed by atoms with Gasteiger partial charge in [-0.15, -0.1) is 0 Å². The highest BCUT2D eigenvalue weighted by Crippen LogP contribution is 2.31. The van der Waals surface area contributed by atoms with Crippen molar-refractivity contribution in [3.8, 4) is 16.9 Å². The lowest BCUT2D eigenvalue weighted by Gasteiger charge is -2.32. The summed E-state index contributed by atoms with van der Waals surface area (Å²) >= 11 is 0. The van der Waals surface area contributed by atoms with Gasteiger partial charge in [0.1, 0.15) is 23.5 Å². The average Bonchev–Trinajstić information content (AvgIpc) is 3.07. The molecule has 0 aliphatic carbocycles. The van der Waals surface area contributed by atoms with Crippen LogP contribution in [0.15, 0.2) is 36.7 Å². The first-order valence-electron chi connectivity index (χ1n) is 9.03. The van der Waals surface area contributed by atoms with E-state index in [1.54, 1.807) is 22.8 Å². The molecule has 0 radical (unpaired) electrons. The Labute approximate surface area is 150 Å². The highest BCUT2D eigenvalue weighted by atomic mass is 19.1. The summed E-state index contributed by atoms with van der Waals surface area (Å²) in [6, 6.07) is 6.82. The Balaban J connectivity index is 1.63. The third-order valence-corrected chi connectivity index (χ3v) is 5.17. The third-order valence-electron chi connectivity index (χ3n) is 5.17. The summed E-state index contributed by atoms with van der Waals surface area (Å²) in [7, 11) is 0. The van der Waals surface area contributed by atoms with Crippen LogP contribution in [0.1, 0.15) is 12.8 Å². The van der Waals surface area contributed by atoms with Crippen LogP contribution in [-0.2, 0) is 0 Å². The van der Waals surface area contributed by atoms with Gasteiger partial charge in [0.15, 0.2) is 5.65 Å². The SMILES string of the molecule is Fc1ccc2cc1-c1cnn3ccc(nc13)NCCN1CCC(CC1)O2. The Bertz CT molecular complexity index is 948. The Morgan fingerprint density at radius 3 is 2.88 bits per heavy atom. The van der Waals surface area contributed by atoms with E-state index in [4.69, 9.17) is 4.74 Å². The fourth-order valence-corrected chi connectivity index (χ4v) is 3.73. The second kappa shape index (κ2) is 6.25. The molecule has 7 heteroatoms. The summed E-state index contributed by atoms with van der Waals surface area (Å²) in [4.78, 5) is 7.08. The van der Waals surface area contributed by atoms with Crippen molar-refractivity contribution in [2.24, 2.45) is 0 Å². The fourth-order valence-electron chi connectivity index (χ4n) is 3.73. The van der Waals surface area contributed by atoms with Crippen molar-refractivity contribution in [2.45, 2.75) is 18.9 Å². The van der Waals surface area contributed by atoms with Crippen LogP contribution in [0, 0.1) is 5.82 Å². The lowest BCUT2D eigenvalue weighted by atomic mass is 10.1. The second-order valence-electron chi connectivity index (χ2n) is 6.87. The van der Waals surface area contributed by atoms with Gasteiger partial charge in [-0.05, 0) is 37.1 Å². The molecule has 0 amide bonds. The first kappa shape index (κ1) is 15.6. The Morgan fingerprint density at radius 1 is 1.12 bits per heavy atom. The van der Waals surface area contributed by atoms with Crippen LogP contribution < -0.4 is 10.1 Å². The van der Waals surface area contributed by atoms with E-state index in [9.17, 15) is 4.39 Å². The molecule has 0 spiro atoms. The number of halogens is 1. The smallest absolute Gasteiger partial charge is 0.165 e. The number of ether oxygens (including phenoxy) is 1. The lowest BCUT2D eigenvalue weighted by molar-refractivity contribution is 0.103. The van der Waals surface area contributed by atoms with Gasteiger partial charge >= 0.3 is 0 Å². The van der Waals surface area contributed by atoms with Crippen LogP contribution in [-0.4, -0.2) is 51.8 Å². The van der Waals surface area contributed by atoms with Crippen molar-refractivity contribution in [3.63, 3.8) is 0 Å². The van der Waals surface area contributed by atoms with Gasteiger partial charge in [0, 0.05) is 43.5 Å². The van der Waals surface area contributed by atoms with Crippen LogP contribution in [0.2, 0.25) is 0 Å². The van der Waals surface area contributed by atoms with Crippen molar-refractivity contribution in [1.82, 2.24) is 19.5 Å². The minimum atomic E-state index is -0.299. The molecule has 6 rings (SSSR count). The number of anilines is 1. The molecule has 1 N–H and O–H groups in total. The van der Waals surface area contributed by atoms with E-state index in [0.29, 0.717) is 22.5 Å². The largest absolute Gasteiger partial charge is 0.490 e. The summed E-state index contributed by atoms with van der Waals surface area (Å²) < 4.78 is 22.4. The van der Waals surface area contributed by atoms with Gasteiger partial charge in [-0.1, -0.05) is 0 Å². The van der Waals surface area contributed by atoms with E-state index >= 15 is 0 Å². The quantitative estimate of drug-likeness (QED) is 0.674. The highest BCUT2D eigenvalue weighted by molar-refractivity contribution is 5.78. The van der Waals surface area contributed by atoms with Gasteiger partial charge in [0.05, 0.1) is 6.20 Å². The molecule has 0 saturated carbocycles. The predicted octanol–water partition coefficient (Wildman–Crippen LogP) is 2.80. The Kier molecular flexibility index (Phi) is 3.74. The number of piperidine rings is 1. The molecule has 2 aromatic heterocycles. The number of nitrogens with zero attached hydrogens (tertiary/aromatic N) is 4. The molecule has 3 aliphatic heterocycles. The van der Waals surface area contributed by atoms with E-state index in [0.717, 1.165) is 44.8 Å². The maximum atomic E-state index is 14.6. The van der Waals surface area contributed by atoms with Gasteiger partial charge in [-0.25, -0.2) is 13.9 Å². The summed E-state index contributed by atoms with van der Waals surface area (Å²) in [5, 5.41) is 7.68. The Hall–Kier alpha value is -2.67. The molecule has 0 atom stereocenters. The number of hydrogen-bond acceptors (Lipinski definition) is 5. The molecule has 5 heterocycles. The van der Waals surface area contributed by atoms with E-state index in [2.05, 4.69) is 20.3 Å². The molecule has 26 heavy (non-hydrogen) atoms. The fraction of sp³-hybridized carbons (Fsp3) is 0.368. The van der Waals surface area contributed by atoms with Crippen LogP contribution in [0.3, 0.4) is 0 Å². The Morgan fingerprint density at radius 2 is 2.00 bits per heavy atom. The molecule has 3 aromatic rings. The number of rotatable bonds is 0. The normalized spacial score (nSPS) is 22.5. The van der Waals surface area contributed by atoms with Crippen molar-refractivity contribution < 1.29 is 9.13 Å². The summed E-state index contributed by atoms with van der Waals surface area (Å²) in [5.41, 5.74) is 1.76. The molecule has 3 aliphatic rings. The third kappa shape index (κ3) is 2.78. The zero-order valence-electron chi connectivity index (χ0n) is 14.4. The molecule has 1 aromatic carbocycles. The van der Waals surface area contributed by atoms with Crippen molar-refractivity contribution in [3.05, 3.63) is 42.5 Å². The van der Waals surface area contributed by atoms with Crippen LogP contribution in [0.5, 0.6) is 5.75 Å². The maximum Gasteiger partial charge on any atom is 0.165 e. The molecule has 1 saturated heterocycles. The van der Waals surface area contributed by atoms with Gasteiger partial charge in [-0.3, -0.25) is 0 Å². The first-order chi connectivity index (χ1) is 12.8. The van der Waals surface area contributed by atoms with Crippen molar-refractivity contribution >= 4 is 11.5 Å². The molecule has 0 unspecified atom stereocenters. The second-order valence-corrected chi connectivity index (χ2v) is 6.87. The minimum Gasteiger partial charge on any atom is -0.490 e. The predicted molar refractivity (Wildman–Crippen MR) is 97.0 cm³/mol. The van der Waals surface area contributed by atoms with Gasteiger partial charge in [0.25, 0.3) is 0 Å². The molecular weight excluding hydrogens is 333 g/mol. The summed E-state index contributed by atoms with van der Waals surface area (Å²) in [6.45, 7) is 3.81. The van der Waals surface area contributed by atoms with E-state index in [-0.39, 0.29) is 11.9 Å². The van der Waals surface area contributed by atoms with Crippen LogP contribution >= 0.6 is 0 Å². The number of benzene rings is 1. The highest BCUT2D eigenvalue weighted by Gasteiger charge is 2.22. The number of aromatic nitrogens is 3. The molecule has 1 fully saturated rings. The molecule has 134 valence electrons. The zero-order valence-corrected chi connectivity index (χ0v) is 14.4. The van der Waals surface area contributed by atoms with Crippen molar-refractivity contribution in [2.75, 3.05) is 31.5 Å². The molecule has 6 bridgehead atoms. The minimum absolute atomic E-state index is 0.175. The monoisotopic (exact) mass is 353 g/mol. The lowest BCUT2D eigenvalue weighted by Crippen LogP contribution is -2.40. The van der Waals surface area contributed by atoms with E-state index < -0.39 is 0 Å². The summed E-state index contributed by atoms with van der Waals surface area (Å²) in [5.74, 6) is 1.17. The molecule has 6 nitrogen and oxygen atoms in total. The van der Waals surface area contributed by atoms with E-state index in [1.165, 1.54) is 6.07 Å². The van der Waals surface area contributed by atoms with Gasteiger partial charge < -0.3 is 15.0 Å². The molecular formula is C19H20FN5O. The van der Waals surface area contributed by atoms with E-state index in [1.807, 2.05) is 12.3 Å². The van der Waals surface area contributed by atoms with Gasteiger partial charge in [-0.2, -0.15) is 5.10 Å². The van der Waals surface area contributed by atoms with Gasteiger partial charge in [0.2, 0.25) is 0 Å². The number of fused-ring (bicyclic) bond motifs is 4. The van der Waals surface area contributed by atoms with Crippen molar-refractivity contribution in [1.29, 1.82) is 0 Å².